The van der Waals surface area contributed by atoms with Crippen LogP contribution in [0.5, 0.6) is 0 Å². The van der Waals surface area contributed by atoms with Gasteiger partial charge in [-0.2, -0.15) is 10.1 Å². The molecular formula is C28H26N4O2S. The zero-order chi connectivity index (χ0) is 24.4. The van der Waals surface area contributed by atoms with E-state index < -0.39 is 5.25 Å². The van der Waals surface area contributed by atoms with Gasteiger partial charge in [0.1, 0.15) is 5.25 Å². The molecule has 0 radical (unpaired) electrons. The summed E-state index contributed by atoms with van der Waals surface area (Å²) in [5.74, 6) is -0.504. The molecule has 0 fully saturated rings. The molecule has 3 aromatic carbocycles. The van der Waals surface area contributed by atoms with Crippen LogP contribution in [0.25, 0.3) is 0 Å². The monoisotopic (exact) mass is 482 g/mol. The summed E-state index contributed by atoms with van der Waals surface area (Å²) in [6.45, 7) is 4.05. The van der Waals surface area contributed by atoms with E-state index in [0.717, 1.165) is 22.4 Å². The van der Waals surface area contributed by atoms with Crippen LogP contribution in [0.1, 0.15) is 41.1 Å². The molecule has 1 N–H and O–H groups in total. The molecule has 35 heavy (non-hydrogen) atoms. The van der Waals surface area contributed by atoms with Gasteiger partial charge >= 0.3 is 0 Å². The van der Waals surface area contributed by atoms with Gasteiger partial charge in [-0.25, -0.2) is 5.01 Å². The van der Waals surface area contributed by atoms with Crippen LogP contribution in [0.3, 0.4) is 0 Å². The number of nitrogens with zero attached hydrogens (tertiary/aromatic N) is 3. The van der Waals surface area contributed by atoms with Crippen molar-refractivity contribution < 1.29 is 9.59 Å². The van der Waals surface area contributed by atoms with Crippen LogP contribution in [0, 0.1) is 13.8 Å². The molecule has 0 bridgehead atoms. The molecule has 0 saturated carbocycles. The van der Waals surface area contributed by atoms with Gasteiger partial charge in [-0.05, 0) is 37.1 Å². The number of aryl methyl sites for hydroxylation is 2. The second kappa shape index (κ2) is 9.88. The van der Waals surface area contributed by atoms with Gasteiger partial charge in [0.05, 0.1) is 11.8 Å². The molecule has 2 aliphatic rings. The minimum Gasteiger partial charge on any atom is -0.326 e. The first-order valence-electron chi connectivity index (χ1n) is 11.6. The number of hydrogen-bond acceptors (Lipinski definition) is 5. The SMILES string of the molecule is Cc1ccc(NC(=O)C[C@@H]2SC(N3N=C(c4ccccc4)C[C@H]3c3ccc(C)cc3)=NC2=O)cc1. The molecule has 2 heterocycles. The highest BCUT2D eigenvalue weighted by atomic mass is 32.2. The number of thioether (sulfide) groups is 1. The first-order chi connectivity index (χ1) is 17.0. The fourth-order valence-electron chi connectivity index (χ4n) is 4.16. The van der Waals surface area contributed by atoms with Crippen LogP contribution in [0.15, 0.2) is 89.0 Å². The molecular weight excluding hydrogens is 456 g/mol. The number of carbonyl (C=O) groups excluding carboxylic acids is 2. The fraction of sp³-hybridized carbons (Fsp3) is 0.214. The lowest BCUT2D eigenvalue weighted by Gasteiger charge is -2.23. The minimum atomic E-state index is -0.565. The third-order valence-corrected chi connectivity index (χ3v) is 7.25. The molecule has 176 valence electrons. The van der Waals surface area contributed by atoms with Gasteiger partial charge in [0.25, 0.3) is 5.91 Å². The van der Waals surface area contributed by atoms with Crippen molar-refractivity contribution >= 4 is 40.1 Å². The van der Waals surface area contributed by atoms with Gasteiger partial charge < -0.3 is 5.32 Å². The Morgan fingerprint density at radius 3 is 2.31 bits per heavy atom. The Bertz CT molecular complexity index is 1300. The topological polar surface area (TPSA) is 74.1 Å². The molecule has 0 aromatic heterocycles. The van der Waals surface area contributed by atoms with Gasteiger partial charge in [0.15, 0.2) is 5.17 Å². The summed E-state index contributed by atoms with van der Waals surface area (Å²) in [7, 11) is 0. The Labute approximate surface area is 209 Å². The van der Waals surface area contributed by atoms with E-state index in [1.54, 1.807) is 0 Å². The summed E-state index contributed by atoms with van der Waals surface area (Å²) in [5, 5.41) is 9.59. The van der Waals surface area contributed by atoms with Crippen molar-refractivity contribution in [3.05, 3.63) is 101 Å². The highest BCUT2D eigenvalue weighted by Crippen LogP contribution is 2.38. The number of rotatable bonds is 5. The molecule has 2 aliphatic heterocycles. The van der Waals surface area contributed by atoms with Crippen molar-refractivity contribution in [3.8, 4) is 0 Å². The van der Waals surface area contributed by atoms with Crippen molar-refractivity contribution in [2.45, 2.75) is 38.0 Å². The fourth-order valence-corrected chi connectivity index (χ4v) is 5.22. The number of hydrazone groups is 1. The maximum atomic E-state index is 12.7. The number of anilines is 1. The molecule has 0 aliphatic carbocycles. The maximum absolute atomic E-state index is 12.7. The summed E-state index contributed by atoms with van der Waals surface area (Å²) in [4.78, 5) is 29.7. The second-order valence-electron chi connectivity index (χ2n) is 8.85. The van der Waals surface area contributed by atoms with Crippen molar-refractivity contribution in [1.82, 2.24) is 5.01 Å². The predicted octanol–water partition coefficient (Wildman–Crippen LogP) is 5.48. The largest absolute Gasteiger partial charge is 0.326 e. The number of aliphatic imine (C=N–C) groups is 1. The summed E-state index contributed by atoms with van der Waals surface area (Å²) < 4.78 is 0. The Kier molecular flexibility index (Phi) is 6.51. The highest BCUT2D eigenvalue weighted by Gasteiger charge is 2.39. The quantitative estimate of drug-likeness (QED) is 0.523. The standard InChI is InChI=1S/C28H26N4O2S/c1-18-8-12-21(13-9-18)24-16-23(20-6-4-3-5-7-20)31-32(24)28-30-27(34)25(35-28)17-26(33)29-22-14-10-19(2)11-15-22/h3-15,24-25H,16-17H2,1-2H3,(H,29,33)/t24-,25-/m0/s1. The van der Waals surface area contributed by atoms with E-state index in [2.05, 4.69) is 41.5 Å². The highest BCUT2D eigenvalue weighted by molar-refractivity contribution is 8.15. The lowest BCUT2D eigenvalue weighted by Crippen LogP contribution is -2.25. The number of benzene rings is 3. The molecule has 6 nitrogen and oxygen atoms in total. The Morgan fingerprint density at radius 2 is 1.63 bits per heavy atom. The van der Waals surface area contributed by atoms with Crippen LogP contribution in [0.2, 0.25) is 0 Å². The summed E-state index contributed by atoms with van der Waals surface area (Å²) in [5.41, 5.74) is 6.13. The Balaban J connectivity index is 1.34. The lowest BCUT2D eigenvalue weighted by atomic mass is 9.98. The van der Waals surface area contributed by atoms with E-state index in [1.165, 1.54) is 17.3 Å². The minimum absolute atomic E-state index is 0.0582. The molecule has 7 heteroatoms. The van der Waals surface area contributed by atoms with Crippen molar-refractivity contribution in [2.75, 3.05) is 5.32 Å². The van der Waals surface area contributed by atoms with E-state index in [4.69, 9.17) is 5.10 Å². The van der Waals surface area contributed by atoms with Crippen LogP contribution in [0.4, 0.5) is 5.69 Å². The van der Waals surface area contributed by atoms with E-state index >= 15 is 0 Å². The average molecular weight is 483 g/mol. The number of amidine groups is 1. The predicted molar refractivity (Wildman–Crippen MR) is 142 cm³/mol. The smallest absolute Gasteiger partial charge is 0.262 e. The van der Waals surface area contributed by atoms with E-state index in [9.17, 15) is 9.59 Å². The van der Waals surface area contributed by atoms with Crippen molar-refractivity contribution in [1.29, 1.82) is 0 Å². The molecule has 5 rings (SSSR count). The normalized spacial score (nSPS) is 19.5. The van der Waals surface area contributed by atoms with Crippen molar-refractivity contribution in [3.63, 3.8) is 0 Å². The van der Waals surface area contributed by atoms with Crippen LogP contribution in [-0.4, -0.2) is 33.0 Å². The number of amides is 2. The lowest BCUT2D eigenvalue weighted by molar-refractivity contribution is -0.121. The molecule has 0 saturated heterocycles. The first kappa shape index (κ1) is 23.1. The van der Waals surface area contributed by atoms with Gasteiger partial charge in [-0.3, -0.25) is 9.59 Å². The Morgan fingerprint density at radius 1 is 0.971 bits per heavy atom. The molecule has 2 atom stereocenters. The maximum Gasteiger partial charge on any atom is 0.262 e. The summed E-state index contributed by atoms with van der Waals surface area (Å²) in [6, 6.07) is 26.0. The van der Waals surface area contributed by atoms with Crippen LogP contribution < -0.4 is 5.32 Å². The van der Waals surface area contributed by atoms with Gasteiger partial charge in [0, 0.05) is 18.5 Å². The molecule has 3 aromatic rings. The van der Waals surface area contributed by atoms with Gasteiger partial charge in [-0.1, -0.05) is 89.6 Å². The van der Waals surface area contributed by atoms with E-state index in [1.807, 2.05) is 66.5 Å². The summed E-state index contributed by atoms with van der Waals surface area (Å²) in [6.07, 6.45) is 0.766. The van der Waals surface area contributed by atoms with Gasteiger partial charge in [0.2, 0.25) is 5.91 Å². The average Bonchev–Trinajstić information content (AvgIpc) is 3.46. The van der Waals surface area contributed by atoms with E-state index in [-0.39, 0.29) is 24.3 Å². The number of nitrogens with one attached hydrogen (secondary N) is 1. The number of carbonyl (C=O) groups is 2. The third kappa shape index (κ3) is 5.20. The van der Waals surface area contributed by atoms with Crippen LogP contribution >= 0.6 is 11.8 Å². The zero-order valence-electron chi connectivity index (χ0n) is 19.6. The first-order valence-corrected chi connectivity index (χ1v) is 12.5. The second-order valence-corrected chi connectivity index (χ2v) is 10.0. The zero-order valence-corrected chi connectivity index (χ0v) is 20.5. The summed E-state index contributed by atoms with van der Waals surface area (Å²) >= 11 is 1.31. The molecule has 0 unspecified atom stereocenters. The molecule has 2 amide bonds. The van der Waals surface area contributed by atoms with Crippen LogP contribution in [-0.2, 0) is 9.59 Å². The number of hydrogen-bond donors (Lipinski definition) is 1. The Hall–Kier alpha value is -3.71. The van der Waals surface area contributed by atoms with E-state index in [0.29, 0.717) is 17.3 Å². The van der Waals surface area contributed by atoms with Gasteiger partial charge in [-0.15, -0.1) is 0 Å². The third-order valence-electron chi connectivity index (χ3n) is 6.11. The van der Waals surface area contributed by atoms with Crippen molar-refractivity contribution in [2.24, 2.45) is 10.1 Å². The molecule has 0 spiro atoms.